The number of rotatable bonds is 5. The van der Waals surface area contributed by atoms with Crippen LogP contribution in [0.4, 0.5) is 34.1 Å². The van der Waals surface area contributed by atoms with E-state index in [0.29, 0.717) is 0 Å². The van der Waals surface area contributed by atoms with Crippen LogP contribution in [-0.2, 0) is 0 Å². The average Bonchev–Trinajstić information content (AvgIpc) is 4.04. The molecular formula is C58H35BN3OS. The zero-order chi connectivity index (χ0) is 41.9. The maximum atomic E-state index is 6.93. The molecule has 0 unspecified atom stereocenters. The first kappa shape index (κ1) is 35.5. The van der Waals surface area contributed by atoms with E-state index in [-0.39, 0.29) is 0 Å². The SMILES string of the molecule is [B]1c2ccc(N(c3ccccc3)c3ccccc3)cc2N(c2cccc3c2oc2ccccc23)c2c1c(-c1cccc3c1[nH]c1cc4ccccc4cc13)cc1c2sc2ccccc21. The molecule has 0 fully saturated rings. The summed E-state index contributed by atoms with van der Waals surface area (Å²) in [6.45, 7) is 0. The third-order valence-corrected chi connectivity index (χ3v) is 14.4. The molecule has 1 aliphatic rings. The van der Waals surface area contributed by atoms with Crippen molar-refractivity contribution in [3.63, 3.8) is 0 Å². The number of benzene rings is 10. The van der Waals surface area contributed by atoms with Crippen LogP contribution in [0.1, 0.15) is 0 Å². The van der Waals surface area contributed by atoms with Gasteiger partial charge in [-0.2, -0.15) is 0 Å². The molecule has 297 valence electrons. The van der Waals surface area contributed by atoms with E-state index < -0.39 is 0 Å². The van der Waals surface area contributed by atoms with E-state index in [1.807, 2.05) is 11.3 Å². The van der Waals surface area contributed by atoms with Gasteiger partial charge < -0.3 is 19.2 Å². The molecule has 0 bridgehead atoms. The van der Waals surface area contributed by atoms with E-state index in [9.17, 15) is 0 Å². The molecule has 3 aromatic heterocycles. The third-order valence-electron chi connectivity index (χ3n) is 13.2. The van der Waals surface area contributed by atoms with Crippen molar-refractivity contribution in [1.29, 1.82) is 0 Å². The quantitative estimate of drug-likeness (QED) is 0.176. The second-order valence-corrected chi connectivity index (χ2v) is 17.8. The Labute approximate surface area is 373 Å². The molecule has 0 saturated carbocycles. The number of H-pyrrole nitrogens is 1. The Hall–Kier alpha value is -8.06. The van der Waals surface area contributed by atoms with Crippen LogP contribution in [0.3, 0.4) is 0 Å². The molecule has 0 spiro atoms. The maximum Gasteiger partial charge on any atom is 0.197 e. The summed E-state index contributed by atoms with van der Waals surface area (Å²) < 4.78 is 9.42. The van der Waals surface area contributed by atoms with Crippen molar-refractivity contribution >= 4 is 138 Å². The highest BCUT2D eigenvalue weighted by Crippen LogP contribution is 2.51. The molecule has 1 radical (unpaired) electrons. The van der Waals surface area contributed by atoms with E-state index in [0.717, 1.165) is 72.6 Å². The normalized spacial score (nSPS) is 12.5. The molecule has 0 saturated heterocycles. The Bertz CT molecular complexity index is 3980. The molecule has 1 aliphatic heterocycles. The number of aromatic amines is 1. The smallest absolute Gasteiger partial charge is 0.197 e. The van der Waals surface area contributed by atoms with Crippen molar-refractivity contribution < 1.29 is 4.42 Å². The van der Waals surface area contributed by atoms with Crippen molar-refractivity contribution in [2.75, 3.05) is 9.80 Å². The highest BCUT2D eigenvalue weighted by atomic mass is 32.1. The minimum absolute atomic E-state index is 0.861. The van der Waals surface area contributed by atoms with Crippen LogP contribution < -0.4 is 20.7 Å². The largest absolute Gasteiger partial charge is 0.454 e. The van der Waals surface area contributed by atoms with Crippen LogP contribution in [0, 0.1) is 0 Å². The van der Waals surface area contributed by atoms with Gasteiger partial charge in [-0.05, 0) is 94.6 Å². The van der Waals surface area contributed by atoms with Gasteiger partial charge in [0, 0.05) is 70.8 Å². The molecule has 14 rings (SSSR count). The van der Waals surface area contributed by atoms with E-state index in [1.54, 1.807) is 0 Å². The molecule has 64 heavy (non-hydrogen) atoms. The Morgan fingerprint density at radius 2 is 1.17 bits per heavy atom. The van der Waals surface area contributed by atoms with Crippen LogP contribution in [0.5, 0.6) is 0 Å². The molecule has 4 nitrogen and oxygen atoms in total. The predicted molar refractivity (Wildman–Crippen MR) is 273 cm³/mol. The molecular weight excluding hydrogens is 798 g/mol. The van der Waals surface area contributed by atoms with Crippen molar-refractivity contribution in [2.24, 2.45) is 0 Å². The van der Waals surface area contributed by atoms with Crippen molar-refractivity contribution in [1.82, 2.24) is 4.98 Å². The topological polar surface area (TPSA) is 35.4 Å². The van der Waals surface area contributed by atoms with E-state index in [2.05, 4.69) is 228 Å². The van der Waals surface area contributed by atoms with Crippen LogP contribution >= 0.6 is 11.3 Å². The molecule has 13 aromatic rings. The van der Waals surface area contributed by atoms with E-state index >= 15 is 0 Å². The Balaban J connectivity index is 1.10. The monoisotopic (exact) mass is 832 g/mol. The van der Waals surface area contributed by atoms with Gasteiger partial charge in [-0.3, -0.25) is 0 Å². The fourth-order valence-corrected chi connectivity index (χ4v) is 11.5. The lowest BCUT2D eigenvalue weighted by Crippen LogP contribution is -2.41. The van der Waals surface area contributed by atoms with Gasteiger partial charge in [-0.15, -0.1) is 11.3 Å². The third kappa shape index (κ3) is 5.24. The number of aromatic nitrogens is 1. The second-order valence-electron chi connectivity index (χ2n) is 16.7. The average molecular weight is 833 g/mol. The summed E-state index contributed by atoms with van der Waals surface area (Å²) in [5.74, 6) is 0. The summed E-state index contributed by atoms with van der Waals surface area (Å²) in [7, 11) is 2.42. The van der Waals surface area contributed by atoms with Crippen molar-refractivity contribution in [3.8, 4) is 11.1 Å². The second kappa shape index (κ2) is 13.7. The van der Waals surface area contributed by atoms with Crippen LogP contribution in [0.2, 0.25) is 0 Å². The number of fused-ring (bicyclic) bond motifs is 13. The van der Waals surface area contributed by atoms with Crippen LogP contribution in [-0.4, -0.2) is 12.3 Å². The van der Waals surface area contributed by atoms with Gasteiger partial charge in [-0.25, -0.2) is 0 Å². The highest BCUT2D eigenvalue weighted by molar-refractivity contribution is 7.26. The highest BCUT2D eigenvalue weighted by Gasteiger charge is 2.34. The Kier molecular flexibility index (Phi) is 7.62. The number of nitrogens with one attached hydrogen (secondary N) is 1. The van der Waals surface area contributed by atoms with Crippen molar-refractivity contribution in [2.45, 2.75) is 0 Å². The summed E-state index contributed by atoms with van der Waals surface area (Å²) in [5, 5.41) is 9.60. The van der Waals surface area contributed by atoms with Gasteiger partial charge in [0.15, 0.2) is 12.9 Å². The Morgan fingerprint density at radius 1 is 0.484 bits per heavy atom. The Morgan fingerprint density at radius 3 is 2.00 bits per heavy atom. The van der Waals surface area contributed by atoms with Gasteiger partial charge >= 0.3 is 0 Å². The minimum atomic E-state index is 0.861. The zero-order valence-corrected chi connectivity index (χ0v) is 35.2. The van der Waals surface area contributed by atoms with Crippen LogP contribution in [0.15, 0.2) is 211 Å². The molecule has 0 aliphatic carbocycles. The number of anilines is 6. The summed E-state index contributed by atoms with van der Waals surface area (Å²) >= 11 is 1.87. The maximum absolute atomic E-state index is 6.93. The molecule has 0 amide bonds. The number of hydrogen-bond donors (Lipinski definition) is 1. The van der Waals surface area contributed by atoms with Gasteiger partial charge in [-0.1, -0.05) is 139 Å². The number of thiophene rings is 1. The first-order valence-electron chi connectivity index (χ1n) is 21.7. The molecule has 1 N–H and O–H groups in total. The van der Waals surface area contributed by atoms with Gasteiger partial charge in [0.1, 0.15) is 5.58 Å². The first-order valence-corrected chi connectivity index (χ1v) is 22.6. The predicted octanol–water partition coefficient (Wildman–Crippen LogP) is 15.3. The lowest BCUT2D eigenvalue weighted by Gasteiger charge is -2.36. The van der Waals surface area contributed by atoms with Crippen molar-refractivity contribution in [3.05, 3.63) is 206 Å². The van der Waals surface area contributed by atoms with E-state index in [1.165, 1.54) is 58.3 Å². The zero-order valence-electron chi connectivity index (χ0n) is 34.4. The summed E-state index contributed by atoms with van der Waals surface area (Å²) in [4.78, 5) is 8.78. The summed E-state index contributed by atoms with van der Waals surface area (Å²) in [5.41, 5.74) is 15.1. The first-order chi connectivity index (χ1) is 31.7. The lowest BCUT2D eigenvalue weighted by atomic mass is 9.58. The minimum Gasteiger partial charge on any atom is -0.454 e. The fraction of sp³-hybridized carbons (Fsp3) is 0. The number of para-hydroxylation sites is 5. The summed E-state index contributed by atoms with van der Waals surface area (Å²) in [6.07, 6.45) is 0. The standard InChI is InChI=1S/C58H35BN3OS/c1-3-17-37(18-4-1)61(38-19-5-2-6-20-38)39-29-30-48-51(33-39)62(50-26-14-25-44-40-21-9-11-27-52(40)63-57(44)50)56-54(59-48)46(34-47-41-22-10-12-28-53(41)64-58(47)56)43-24-13-23-42-45-31-35-15-7-8-16-36(35)32-49(45)60-55(42)43/h1-34,60H. The molecule has 6 heteroatoms. The summed E-state index contributed by atoms with van der Waals surface area (Å²) in [6, 6.07) is 74.6. The van der Waals surface area contributed by atoms with Gasteiger partial charge in [0.2, 0.25) is 0 Å². The van der Waals surface area contributed by atoms with E-state index in [4.69, 9.17) is 4.42 Å². The number of nitrogens with zero attached hydrogens (tertiary/aromatic N) is 2. The van der Waals surface area contributed by atoms with Gasteiger partial charge in [0.25, 0.3) is 0 Å². The molecule has 10 aromatic carbocycles. The number of hydrogen-bond acceptors (Lipinski definition) is 4. The molecule has 0 atom stereocenters. The number of furan rings is 1. The fourth-order valence-electron chi connectivity index (χ4n) is 10.3. The molecule has 4 heterocycles. The van der Waals surface area contributed by atoms with Gasteiger partial charge in [0.05, 0.1) is 21.6 Å². The van der Waals surface area contributed by atoms with Crippen LogP contribution in [0.25, 0.3) is 85.8 Å². The lowest BCUT2D eigenvalue weighted by molar-refractivity contribution is 0.669.